The second kappa shape index (κ2) is 60.8. The fraction of sp³-hybridized carbons (Fsp3) is 0.474. The van der Waals surface area contributed by atoms with Crippen LogP contribution in [0.4, 0.5) is 0 Å². The van der Waals surface area contributed by atoms with E-state index in [1.807, 2.05) is 0 Å². The van der Waals surface area contributed by atoms with Crippen molar-refractivity contribution in [3.63, 3.8) is 0 Å². The topological polar surface area (TPSA) is 804 Å². The molecule has 4 aromatic carbocycles. The normalized spacial score (nSPS) is 14.7. The first-order valence-electron chi connectivity index (χ1n) is 47.0. The summed E-state index contributed by atoms with van der Waals surface area (Å²) in [6, 6.07) is 2.35. The smallest absolute Gasteiger partial charge is 0.326 e. The first-order chi connectivity index (χ1) is 69.3. The van der Waals surface area contributed by atoms with Gasteiger partial charge in [0.05, 0.1) is 31.7 Å². The third kappa shape index (κ3) is 40.1. The van der Waals surface area contributed by atoms with E-state index in [2.05, 4.69) is 115 Å². The van der Waals surface area contributed by atoms with Crippen molar-refractivity contribution in [1.29, 1.82) is 0 Å². The highest BCUT2D eigenvalue weighted by molar-refractivity contribution is 7.98. The zero-order chi connectivity index (χ0) is 108. The van der Waals surface area contributed by atoms with Gasteiger partial charge in [0.15, 0.2) is 0 Å². The summed E-state index contributed by atoms with van der Waals surface area (Å²) in [5.41, 5.74) is 37.1. The quantitative estimate of drug-likeness (QED) is 0.0127. The van der Waals surface area contributed by atoms with Crippen LogP contribution in [-0.2, 0) is 131 Å². The molecule has 794 valence electrons. The number of aromatic nitrogens is 2. The van der Waals surface area contributed by atoms with E-state index < -0.39 is 308 Å². The summed E-state index contributed by atoms with van der Waals surface area (Å²) in [6.45, 7) is 6.69. The molecule has 0 aliphatic rings. The Morgan fingerprint density at radius 3 is 1.05 bits per heavy atom. The Balaban J connectivity index is 1.25. The van der Waals surface area contributed by atoms with Gasteiger partial charge in [0.1, 0.15) is 90.6 Å². The van der Waals surface area contributed by atoms with Gasteiger partial charge in [-0.3, -0.25) is 101 Å². The van der Waals surface area contributed by atoms with Gasteiger partial charge in [-0.25, -0.2) is 4.79 Å². The number of primary amides is 4. The summed E-state index contributed by atoms with van der Waals surface area (Å²) in [4.78, 5) is 311. The van der Waals surface area contributed by atoms with Crippen LogP contribution in [0.2, 0.25) is 0 Å². The van der Waals surface area contributed by atoms with Gasteiger partial charge in [-0.15, -0.1) is 0 Å². The van der Waals surface area contributed by atoms with Crippen molar-refractivity contribution >= 4 is 189 Å². The van der Waals surface area contributed by atoms with Crippen molar-refractivity contribution in [3.8, 4) is 0 Å². The monoisotopic (exact) mass is 2090 g/mol. The number of amides is 19. The minimum atomic E-state index is -2.04. The standard InChI is InChI=1S/C95H131N23O25S3/c1-6-49(4)79(118-91(138)67(108-80(127)56(97)40-77(123)124)39-53-45-103-58-26-16-14-24-55(53)58)94(141)117-72(47-145)93(140)114-69(42-76(101)122)89(136)109-63(35-48(2)3)84(131)110-64(36-50-19-9-7-10-20-50)85(132)104-59(27-17-18-33-96)81(128)113-68(41-75(100)121)88(135)105-61(29-31-74(99)120)83(130)112-66(38-52-44-102-57-25-15-13-23-54(52)57)87(134)111-65(37-51-21-11-8-12-22-51)86(133)116-71(46-144)92(139)115-70(43-78(125)126)90(137)106-60(28-30-73(98)119)82(129)107-62(95(142)143)32-34-146-5/h7-16,19-26,44-45,48-49,56,59-72,79,102-103,144-145H,6,17-18,27-43,46-47,96-97H2,1-5H3,(H2,98,119)(H2,99,120)(H2,100,121)(H2,101,122)(H,104,132)(H,105,135)(H,106,137)(H,107,129)(H,108,127)(H,109,136)(H,110,131)(H,111,134)(H,112,130)(H,113,128)(H,114,140)(H,115,139)(H,116,133)(H,117,141)(H,118,138)(H,123,124)(H,125,126)(H,142,143)/t49-,56-,59-,60-,61-,62-,63-,64-,65-,66-,67-,68-,69-,70-,71-,72-,79-/m0/s1. The number of thiol groups is 2. The van der Waals surface area contributed by atoms with Crippen LogP contribution in [0.5, 0.6) is 0 Å². The van der Waals surface area contributed by atoms with Crippen LogP contribution >= 0.6 is 37.0 Å². The zero-order valence-electron chi connectivity index (χ0n) is 81.1. The van der Waals surface area contributed by atoms with Crippen LogP contribution in [0.1, 0.15) is 140 Å². The molecule has 2 heterocycles. The van der Waals surface area contributed by atoms with Gasteiger partial charge in [0.25, 0.3) is 0 Å². The molecule has 0 saturated carbocycles. The summed E-state index contributed by atoms with van der Waals surface area (Å²) in [7, 11) is 0. The minimum Gasteiger partial charge on any atom is -0.481 e. The maximum Gasteiger partial charge on any atom is 0.326 e. The summed E-state index contributed by atoms with van der Waals surface area (Å²) < 4.78 is 0. The van der Waals surface area contributed by atoms with E-state index in [1.54, 1.807) is 149 Å². The van der Waals surface area contributed by atoms with Gasteiger partial charge in [0.2, 0.25) is 112 Å². The number of nitrogens with two attached hydrogens (primary N) is 6. The number of thioether (sulfide) groups is 1. The Kier molecular flexibility index (Phi) is 49.9. The molecule has 0 fully saturated rings. The molecular formula is C95H131N23O25S3. The number of hydrogen-bond acceptors (Lipinski definition) is 27. The lowest BCUT2D eigenvalue weighted by atomic mass is 9.96. The molecule has 0 saturated heterocycles. The second-order valence-corrected chi connectivity index (χ2v) is 37.0. The molecule has 48 nitrogen and oxygen atoms in total. The van der Waals surface area contributed by atoms with Crippen molar-refractivity contribution in [2.75, 3.05) is 30.1 Å². The summed E-state index contributed by atoms with van der Waals surface area (Å²) in [6.07, 6.45) is -2.68. The molecule has 0 unspecified atom stereocenters. The number of fused-ring (bicyclic) bond motifs is 2. The van der Waals surface area contributed by atoms with E-state index in [-0.39, 0.29) is 70.1 Å². The number of H-pyrrole nitrogens is 2. The number of carbonyl (C=O) groups excluding carboxylic acids is 19. The fourth-order valence-electron chi connectivity index (χ4n) is 15.3. The van der Waals surface area contributed by atoms with E-state index in [4.69, 9.17) is 34.4 Å². The van der Waals surface area contributed by atoms with Gasteiger partial charge in [-0.2, -0.15) is 37.0 Å². The number of carbonyl (C=O) groups is 22. The van der Waals surface area contributed by atoms with Gasteiger partial charge >= 0.3 is 17.9 Å². The predicted octanol–water partition coefficient (Wildman–Crippen LogP) is -4.33. The maximum absolute atomic E-state index is 15.3. The number of para-hydroxylation sites is 2. The van der Waals surface area contributed by atoms with Crippen LogP contribution in [0, 0.1) is 11.8 Å². The average Bonchev–Trinajstić information content (AvgIpc) is 1.64. The molecular weight excluding hydrogens is 1960 g/mol. The number of unbranched alkanes of at least 4 members (excludes halogenated alkanes) is 1. The van der Waals surface area contributed by atoms with Crippen LogP contribution in [0.3, 0.4) is 0 Å². The van der Waals surface area contributed by atoms with Crippen LogP contribution in [0.15, 0.2) is 122 Å². The lowest BCUT2D eigenvalue weighted by Gasteiger charge is -2.29. The molecule has 0 spiro atoms. The fourth-order valence-corrected chi connectivity index (χ4v) is 16.3. The van der Waals surface area contributed by atoms with Crippen molar-refractivity contribution in [2.45, 2.75) is 240 Å². The van der Waals surface area contributed by atoms with Gasteiger partial charge in [0, 0.05) is 84.2 Å². The van der Waals surface area contributed by atoms with Crippen molar-refractivity contribution in [1.82, 2.24) is 89.7 Å². The molecule has 19 amide bonds. The van der Waals surface area contributed by atoms with Gasteiger partial charge < -0.3 is 139 Å². The molecule has 0 radical (unpaired) electrons. The molecule has 2 aromatic heterocycles. The first-order valence-corrected chi connectivity index (χ1v) is 49.6. The predicted molar refractivity (Wildman–Crippen MR) is 540 cm³/mol. The molecule has 6 aromatic rings. The maximum atomic E-state index is 15.3. The van der Waals surface area contributed by atoms with E-state index in [0.29, 0.717) is 44.1 Å². The Morgan fingerprint density at radius 2 is 0.671 bits per heavy atom. The van der Waals surface area contributed by atoms with Gasteiger partial charge in [-0.1, -0.05) is 131 Å². The Bertz CT molecular complexity index is 5580. The largest absolute Gasteiger partial charge is 0.481 e. The SMILES string of the molecule is CC[C@H](C)[C@H](NC(=O)[C@H](Cc1c[nH]c2ccccc12)NC(=O)[C@@H](N)CC(=O)O)C(=O)N[C@@H](CS)C(=O)N[C@@H](CC(N)=O)C(=O)N[C@@H](CC(C)C)C(=O)N[C@@H](Cc1ccccc1)C(=O)N[C@@H](CCCCN)C(=O)N[C@@H](CC(N)=O)C(=O)N[C@@H](CCC(N)=O)C(=O)N[C@@H](Cc1c[nH]c2ccccc12)C(=O)N[C@@H](Cc1ccccc1)C(=O)N[C@@H](CS)C(=O)N[C@@H](CC(=O)O)C(=O)N[C@@H](CCC(N)=O)C(=O)N[C@@H](CCSC)C(=O)O. The number of aromatic amines is 2. The number of rotatable bonds is 66. The molecule has 0 aliphatic carbocycles. The van der Waals surface area contributed by atoms with Crippen LogP contribution in [-0.4, -0.2) is 282 Å². The van der Waals surface area contributed by atoms with Crippen LogP contribution in [0.25, 0.3) is 21.8 Å². The summed E-state index contributed by atoms with van der Waals surface area (Å²) in [5.74, 6) is -27.6. The molecule has 6 rings (SSSR count). The number of nitrogens with one attached hydrogen (secondary N) is 17. The third-order valence-electron chi connectivity index (χ3n) is 23.3. The Hall–Kier alpha value is -14.7. The minimum absolute atomic E-state index is 0.0546. The van der Waals surface area contributed by atoms with Crippen molar-refractivity contribution in [2.24, 2.45) is 46.2 Å². The molecule has 32 N–H and O–H groups in total. The van der Waals surface area contributed by atoms with E-state index in [0.717, 1.165) is 0 Å². The highest BCUT2D eigenvalue weighted by Gasteiger charge is 2.42. The second-order valence-electron chi connectivity index (χ2n) is 35.3. The highest BCUT2D eigenvalue weighted by Crippen LogP contribution is 2.24. The Labute approximate surface area is 854 Å². The first kappa shape index (κ1) is 120. The lowest BCUT2D eigenvalue weighted by molar-refractivity contribution is -0.143. The number of aliphatic carboxylic acids is 3. The van der Waals surface area contributed by atoms with E-state index >= 15 is 14.4 Å². The van der Waals surface area contributed by atoms with Crippen LogP contribution < -0.4 is 114 Å². The average molecular weight is 2090 g/mol. The van der Waals surface area contributed by atoms with Crippen molar-refractivity contribution < 1.29 is 121 Å². The lowest BCUT2D eigenvalue weighted by Crippen LogP contribution is -2.62. The summed E-state index contributed by atoms with van der Waals surface area (Å²) in [5, 5.41) is 67.4. The molecule has 146 heavy (non-hydrogen) atoms. The zero-order valence-corrected chi connectivity index (χ0v) is 83.7. The summed E-state index contributed by atoms with van der Waals surface area (Å²) >= 11 is 9.83. The number of carboxylic acids is 3. The molecule has 17 atom stereocenters. The van der Waals surface area contributed by atoms with Gasteiger partial charge in [-0.05, 0) is 110 Å². The van der Waals surface area contributed by atoms with Crippen molar-refractivity contribution in [3.05, 3.63) is 144 Å². The number of carboxylic acid groups (broad SMARTS) is 3. The highest BCUT2D eigenvalue weighted by atomic mass is 32.2. The number of benzene rings is 4. The molecule has 0 aliphatic heterocycles. The number of hydrogen-bond donors (Lipinski definition) is 28. The third-order valence-corrected chi connectivity index (χ3v) is 24.7. The molecule has 0 bridgehead atoms. The Morgan fingerprint density at radius 1 is 0.349 bits per heavy atom. The van der Waals surface area contributed by atoms with E-state index in [9.17, 15) is 106 Å². The van der Waals surface area contributed by atoms with E-state index in [1.165, 1.54) is 18.0 Å². The molecule has 51 heteroatoms.